The monoisotopic (exact) mass is 401 g/mol. The van der Waals surface area contributed by atoms with Gasteiger partial charge >= 0.3 is 8.03 Å². The van der Waals surface area contributed by atoms with Gasteiger partial charge < -0.3 is 0 Å². The quantitative estimate of drug-likeness (QED) is 0.126. The Labute approximate surface area is 172 Å². The van der Waals surface area contributed by atoms with Crippen LogP contribution in [-0.2, 0) is 9.09 Å². The third-order valence-electron chi connectivity index (χ3n) is 5.43. The van der Waals surface area contributed by atoms with Gasteiger partial charge in [0, 0.05) is 0 Å². The lowest BCUT2D eigenvalue weighted by molar-refractivity contribution is 0.315. The predicted molar refractivity (Wildman–Crippen MR) is 122 cm³/mol. The van der Waals surface area contributed by atoms with Crippen molar-refractivity contribution in [3.8, 4) is 0 Å². The number of rotatable bonds is 23. The third kappa shape index (κ3) is 24.0. The maximum atomic E-state index is 11.9. The van der Waals surface area contributed by atoms with E-state index in [-0.39, 0.29) is 0 Å². The van der Waals surface area contributed by atoms with Crippen molar-refractivity contribution in [3.05, 3.63) is 0 Å². The molecule has 0 heterocycles. The molecule has 1 unspecified atom stereocenters. The molecule has 3 heteroatoms. The molecular weight excluding hydrogens is 351 g/mol. The second-order valence-corrected chi connectivity index (χ2v) is 9.62. The molecule has 1 atom stereocenters. The zero-order valence-electron chi connectivity index (χ0n) is 18.8. The minimum Gasteiger partial charge on any atom is -0.146 e. The molecule has 0 spiro atoms. The van der Waals surface area contributed by atoms with E-state index in [1.165, 1.54) is 116 Å². The fourth-order valence-electron chi connectivity index (χ4n) is 3.55. The van der Waals surface area contributed by atoms with Gasteiger partial charge in [0.2, 0.25) is 0 Å². The molecule has 0 saturated heterocycles. The number of hydrogen-bond acceptors (Lipinski definition) is 2. The Hall–Kier alpha value is 0.0600. The summed E-state index contributed by atoms with van der Waals surface area (Å²) in [6.07, 6.45) is 27.4. The number of unbranched alkanes of at least 4 members (excludes halogenated alkanes) is 18. The van der Waals surface area contributed by atoms with Gasteiger partial charge in [0.1, 0.15) is 6.61 Å². The van der Waals surface area contributed by atoms with Gasteiger partial charge in [0.25, 0.3) is 0 Å². The molecule has 0 saturated carbocycles. The van der Waals surface area contributed by atoms with Gasteiger partial charge in [-0.15, -0.1) is 4.52 Å². The Morgan fingerprint density at radius 2 is 0.815 bits per heavy atom. The first-order valence-electron chi connectivity index (χ1n) is 12.4. The van der Waals surface area contributed by atoms with Gasteiger partial charge in [-0.2, -0.15) is 0 Å². The van der Waals surface area contributed by atoms with Crippen LogP contribution >= 0.6 is 8.03 Å². The van der Waals surface area contributed by atoms with E-state index in [0.717, 1.165) is 19.0 Å². The van der Waals surface area contributed by atoms with Crippen LogP contribution in [0.5, 0.6) is 0 Å². The molecule has 0 aliphatic heterocycles. The Morgan fingerprint density at radius 3 is 1.22 bits per heavy atom. The van der Waals surface area contributed by atoms with Crippen LogP contribution in [0.25, 0.3) is 0 Å². The predicted octanol–water partition coefficient (Wildman–Crippen LogP) is 9.59. The topological polar surface area (TPSA) is 26.3 Å². The van der Waals surface area contributed by atoms with Crippen molar-refractivity contribution in [1.29, 1.82) is 0 Å². The minimum absolute atomic E-state index is 0.698. The lowest BCUT2D eigenvalue weighted by atomic mass is 10.1. The maximum absolute atomic E-state index is 11.9. The van der Waals surface area contributed by atoms with Crippen molar-refractivity contribution in [2.45, 2.75) is 142 Å². The number of hydrogen-bond donors (Lipinski definition) is 0. The average Bonchev–Trinajstić information content (AvgIpc) is 2.67. The summed E-state index contributed by atoms with van der Waals surface area (Å²) in [6.45, 7) is 5.24. The molecule has 2 nitrogen and oxygen atoms in total. The minimum atomic E-state index is -1.40. The molecule has 162 valence electrons. The molecule has 0 aliphatic carbocycles. The van der Waals surface area contributed by atoms with Gasteiger partial charge in [-0.3, -0.25) is 0 Å². The zero-order chi connectivity index (χ0) is 19.8. The first-order valence-corrected chi connectivity index (χ1v) is 13.7. The van der Waals surface area contributed by atoms with Gasteiger partial charge in [-0.1, -0.05) is 123 Å². The second-order valence-electron chi connectivity index (χ2n) is 8.25. The third-order valence-corrected chi connectivity index (χ3v) is 6.58. The highest BCUT2D eigenvalue weighted by Crippen LogP contribution is 2.25. The molecule has 0 radical (unpaired) electrons. The molecule has 0 N–H and O–H groups in total. The molecule has 0 fully saturated rings. The van der Waals surface area contributed by atoms with Crippen molar-refractivity contribution < 1.29 is 9.09 Å². The summed E-state index contributed by atoms with van der Waals surface area (Å²) >= 11 is 0. The van der Waals surface area contributed by atoms with Crippen molar-refractivity contribution in [2.75, 3.05) is 12.8 Å². The smallest absolute Gasteiger partial charge is 0.146 e. The Morgan fingerprint density at radius 1 is 0.481 bits per heavy atom. The molecule has 0 aromatic carbocycles. The van der Waals surface area contributed by atoms with E-state index in [1.54, 1.807) is 0 Å². The van der Waals surface area contributed by atoms with Crippen molar-refractivity contribution in [1.82, 2.24) is 0 Å². The van der Waals surface area contributed by atoms with Gasteiger partial charge in [-0.25, -0.2) is 0 Å². The molecule has 0 rings (SSSR count). The summed E-state index contributed by atoms with van der Waals surface area (Å²) in [7, 11) is -1.40. The van der Waals surface area contributed by atoms with E-state index in [1.807, 2.05) is 0 Å². The van der Waals surface area contributed by atoms with Crippen molar-refractivity contribution in [2.24, 2.45) is 0 Å². The Bertz CT molecular complexity index is 294. The normalized spacial score (nSPS) is 11.9. The summed E-state index contributed by atoms with van der Waals surface area (Å²) < 4.78 is 17.4. The summed E-state index contributed by atoms with van der Waals surface area (Å²) in [5, 5.41) is 0. The largest absolute Gasteiger partial charge is 0.508 e. The molecule has 0 amide bonds. The summed E-state index contributed by atoms with van der Waals surface area (Å²) in [5.74, 6) is 0. The Kier molecular flexibility index (Phi) is 24.2. The van der Waals surface area contributed by atoms with E-state index in [9.17, 15) is 4.57 Å². The summed E-state index contributed by atoms with van der Waals surface area (Å²) in [5.41, 5.74) is 0. The fraction of sp³-hybridized carbons (Fsp3) is 1.00. The molecular formula is C24H50O2P+. The second kappa shape index (κ2) is 24.1. The van der Waals surface area contributed by atoms with Gasteiger partial charge in [-0.05, 0) is 23.8 Å². The van der Waals surface area contributed by atoms with Crippen LogP contribution in [0.2, 0.25) is 0 Å². The maximum Gasteiger partial charge on any atom is 0.508 e. The fourth-order valence-corrected chi connectivity index (χ4v) is 4.49. The van der Waals surface area contributed by atoms with E-state index in [2.05, 4.69) is 13.8 Å². The van der Waals surface area contributed by atoms with Crippen LogP contribution < -0.4 is 0 Å². The van der Waals surface area contributed by atoms with Crippen LogP contribution in [0, 0.1) is 0 Å². The van der Waals surface area contributed by atoms with Crippen LogP contribution in [0.3, 0.4) is 0 Å². The van der Waals surface area contributed by atoms with Crippen molar-refractivity contribution >= 4 is 8.03 Å². The zero-order valence-corrected chi connectivity index (χ0v) is 19.7. The first-order chi connectivity index (χ1) is 13.3. The molecule has 0 aliphatic rings. The molecule has 0 bridgehead atoms. The average molecular weight is 402 g/mol. The molecule has 0 aromatic heterocycles. The van der Waals surface area contributed by atoms with Crippen LogP contribution in [0.1, 0.15) is 142 Å². The van der Waals surface area contributed by atoms with E-state index < -0.39 is 8.03 Å². The first kappa shape index (κ1) is 27.1. The Balaban J connectivity index is 3.13. The van der Waals surface area contributed by atoms with Crippen LogP contribution in [0.4, 0.5) is 0 Å². The van der Waals surface area contributed by atoms with E-state index in [4.69, 9.17) is 4.52 Å². The molecule has 0 aromatic rings. The highest BCUT2D eigenvalue weighted by atomic mass is 31.1. The summed E-state index contributed by atoms with van der Waals surface area (Å²) in [6, 6.07) is 0. The highest BCUT2D eigenvalue weighted by Gasteiger charge is 2.15. The van der Waals surface area contributed by atoms with E-state index in [0.29, 0.717) is 6.61 Å². The van der Waals surface area contributed by atoms with Crippen molar-refractivity contribution in [3.63, 3.8) is 0 Å². The van der Waals surface area contributed by atoms with E-state index >= 15 is 0 Å². The molecule has 27 heavy (non-hydrogen) atoms. The lowest BCUT2D eigenvalue weighted by Gasteiger charge is -2.01. The van der Waals surface area contributed by atoms with Crippen LogP contribution in [-0.4, -0.2) is 12.8 Å². The van der Waals surface area contributed by atoms with Crippen LogP contribution in [0.15, 0.2) is 0 Å². The summed E-state index contributed by atoms with van der Waals surface area (Å²) in [4.78, 5) is 0. The SMILES string of the molecule is CCCCCCCCCCCCO[P+](=O)CCCCCCCCCCCC. The van der Waals surface area contributed by atoms with Gasteiger partial charge in [0.15, 0.2) is 6.16 Å². The standard InChI is InChI=1S/C24H50O2P/c1-3-5-7-9-11-13-15-17-19-21-23-26-27(25)24-22-20-18-16-14-12-10-8-6-4-2/h3-24H2,1-2H3/q+1. The lowest BCUT2D eigenvalue weighted by Crippen LogP contribution is -1.90. The highest BCUT2D eigenvalue weighted by molar-refractivity contribution is 7.39. The van der Waals surface area contributed by atoms with Gasteiger partial charge in [0.05, 0.1) is 0 Å².